The van der Waals surface area contributed by atoms with Crippen LogP contribution < -0.4 is 14.8 Å². The number of carboxylic acids is 1. The van der Waals surface area contributed by atoms with Gasteiger partial charge in [-0.3, -0.25) is 0 Å². The lowest BCUT2D eigenvalue weighted by Crippen LogP contribution is -2.41. The Bertz CT molecular complexity index is 683. The number of nitrogens with zero attached hydrogens (tertiary/aromatic N) is 1. The van der Waals surface area contributed by atoms with Crippen LogP contribution in [0, 0.1) is 0 Å². The van der Waals surface area contributed by atoms with Gasteiger partial charge in [-0.2, -0.15) is 0 Å². The summed E-state index contributed by atoms with van der Waals surface area (Å²) < 4.78 is 31.3. The van der Waals surface area contributed by atoms with E-state index in [4.69, 9.17) is 9.84 Å². The first-order valence-electron chi connectivity index (χ1n) is 5.62. The minimum absolute atomic E-state index is 0.0128. The number of sulfonamides is 1. The second-order valence-electron chi connectivity index (χ2n) is 4.08. The van der Waals surface area contributed by atoms with Crippen molar-refractivity contribution in [2.45, 2.75) is 17.9 Å². The van der Waals surface area contributed by atoms with Gasteiger partial charge in [0.1, 0.15) is 16.7 Å². The molecule has 0 radical (unpaired) electrons. The first-order chi connectivity index (χ1) is 9.33. The normalized spacial score (nSPS) is 19.4. The molecular weight excluding hydrogens is 286 g/mol. The van der Waals surface area contributed by atoms with E-state index in [-0.39, 0.29) is 10.9 Å². The Hall–Kier alpha value is -2.29. The average molecular weight is 299 g/mol. The molecule has 0 spiro atoms. The van der Waals surface area contributed by atoms with Gasteiger partial charge in [0, 0.05) is 6.07 Å². The third-order valence-corrected chi connectivity index (χ3v) is 4.02. The molecule has 0 amide bonds. The Morgan fingerprint density at radius 1 is 1.45 bits per heavy atom. The molecule has 1 atom stereocenters. The summed E-state index contributed by atoms with van der Waals surface area (Å²) in [7, 11) is -2.38. The number of ether oxygens (including phenoxy) is 1. The summed E-state index contributed by atoms with van der Waals surface area (Å²) >= 11 is 0. The molecule has 108 valence electrons. The topological polar surface area (TPSA) is 117 Å². The zero-order valence-corrected chi connectivity index (χ0v) is 11.6. The van der Waals surface area contributed by atoms with Gasteiger partial charge in [0.25, 0.3) is 10.0 Å². The molecule has 1 aromatic rings. The number of benzene rings is 1. The van der Waals surface area contributed by atoms with Crippen LogP contribution in [0.3, 0.4) is 0 Å². The first kappa shape index (κ1) is 14.1. The van der Waals surface area contributed by atoms with E-state index >= 15 is 0 Å². The predicted octanol–water partition coefficient (Wildman–Crippen LogP) is 0.228. The number of aliphatic carboxylic acids is 1. The molecule has 1 aliphatic heterocycles. The Balaban J connectivity index is 2.43. The third-order valence-electron chi connectivity index (χ3n) is 2.64. The quantitative estimate of drug-likeness (QED) is 0.735. The summed E-state index contributed by atoms with van der Waals surface area (Å²) in [5, 5.41) is 11.5. The number of carboxylic acid groups (broad SMARTS) is 1. The molecule has 3 N–H and O–H groups in total. The largest absolute Gasteiger partial charge is 0.497 e. The first-order valence-corrected chi connectivity index (χ1v) is 7.10. The number of nitrogens with one attached hydrogen (secondary N) is 2. The van der Waals surface area contributed by atoms with Gasteiger partial charge in [-0.15, -0.1) is 0 Å². The van der Waals surface area contributed by atoms with E-state index in [1.807, 2.05) is 0 Å². The van der Waals surface area contributed by atoms with Crippen molar-refractivity contribution in [3.8, 4) is 5.75 Å². The van der Waals surface area contributed by atoms with Crippen molar-refractivity contribution in [3.05, 3.63) is 18.2 Å². The van der Waals surface area contributed by atoms with Gasteiger partial charge in [-0.1, -0.05) is 0 Å². The average Bonchev–Trinajstić information content (AvgIpc) is 2.37. The molecule has 9 heteroatoms. The van der Waals surface area contributed by atoms with Crippen molar-refractivity contribution in [2.75, 3.05) is 12.4 Å². The lowest BCUT2D eigenvalue weighted by Gasteiger charge is -2.22. The van der Waals surface area contributed by atoms with Crippen LogP contribution in [0.15, 0.2) is 28.1 Å². The fourth-order valence-corrected chi connectivity index (χ4v) is 2.75. The Labute approximate surface area is 115 Å². The van der Waals surface area contributed by atoms with E-state index < -0.39 is 22.0 Å². The van der Waals surface area contributed by atoms with Crippen molar-refractivity contribution in [1.29, 1.82) is 0 Å². The van der Waals surface area contributed by atoms with Gasteiger partial charge >= 0.3 is 5.97 Å². The Morgan fingerprint density at radius 3 is 2.75 bits per heavy atom. The van der Waals surface area contributed by atoms with E-state index in [2.05, 4.69) is 15.0 Å². The van der Waals surface area contributed by atoms with E-state index in [1.165, 1.54) is 26.2 Å². The van der Waals surface area contributed by atoms with Crippen LogP contribution in [0.4, 0.5) is 5.69 Å². The highest BCUT2D eigenvalue weighted by molar-refractivity contribution is 7.90. The Morgan fingerprint density at radius 2 is 2.15 bits per heavy atom. The van der Waals surface area contributed by atoms with Gasteiger partial charge in [-0.25, -0.2) is 22.9 Å². The van der Waals surface area contributed by atoms with Crippen molar-refractivity contribution < 1.29 is 23.1 Å². The number of hydrogen-bond acceptors (Lipinski definition) is 5. The number of rotatable bonds is 3. The number of methoxy groups -OCH3 is 1. The highest BCUT2D eigenvalue weighted by Gasteiger charge is 2.27. The van der Waals surface area contributed by atoms with Crippen LogP contribution in [0.1, 0.15) is 6.92 Å². The van der Waals surface area contributed by atoms with Crippen LogP contribution in [0.5, 0.6) is 5.75 Å². The zero-order valence-electron chi connectivity index (χ0n) is 10.7. The van der Waals surface area contributed by atoms with Crippen LogP contribution in [-0.2, 0) is 14.8 Å². The highest BCUT2D eigenvalue weighted by Crippen LogP contribution is 2.28. The van der Waals surface area contributed by atoms with E-state index in [0.29, 0.717) is 11.4 Å². The zero-order chi connectivity index (χ0) is 14.9. The second kappa shape index (κ2) is 5.00. The molecule has 1 aliphatic rings. The molecular formula is C11H13N3O5S. The molecule has 1 aromatic carbocycles. The number of fused-ring (bicyclic) bond motifs is 1. The van der Waals surface area contributed by atoms with Gasteiger partial charge < -0.3 is 15.2 Å². The molecule has 2 rings (SSSR count). The number of guanidine groups is 1. The van der Waals surface area contributed by atoms with Gasteiger partial charge in [0.05, 0.1) is 12.8 Å². The van der Waals surface area contributed by atoms with Crippen LogP contribution >= 0.6 is 0 Å². The summed E-state index contributed by atoms with van der Waals surface area (Å²) in [4.78, 5) is 14.5. The SMILES string of the molecule is COc1ccc2c(c1)S(=O)(=O)NC(=NC(C)C(=O)O)N2. The molecule has 0 saturated carbocycles. The fourth-order valence-electron chi connectivity index (χ4n) is 1.60. The molecule has 1 heterocycles. The second-order valence-corrected chi connectivity index (χ2v) is 5.74. The number of aliphatic imine (C=N–C) groups is 1. The fraction of sp³-hybridized carbons (Fsp3) is 0.273. The molecule has 1 unspecified atom stereocenters. The van der Waals surface area contributed by atoms with Gasteiger partial charge in [0.15, 0.2) is 0 Å². The molecule has 0 aromatic heterocycles. The smallest absolute Gasteiger partial charge is 0.328 e. The lowest BCUT2D eigenvalue weighted by molar-refractivity contribution is -0.137. The maximum absolute atomic E-state index is 12.1. The maximum atomic E-state index is 12.1. The minimum Gasteiger partial charge on any atom is -0.497 e. The summed E-state index contributed by atoms with van der Waals surface area (Å²) in [5.74, 6) is -0.883. The molecule has 0 fully saturated rings. The van der Waals surface area contributed by atoms with Gasteiger partial charge in [0.2, 0.25) is 5.96 Å². The Kier molecular flexibility index (Phi) is 3.53. The molecule has 8 nitrogen and oxygen atoms in total. The van der Waals surface area contributed by atoms with E-state index in [1.54, 1.807) is 6.07 Å². The third kappa shape index (κ3) is 2.67. The van der Waals surface area contributed by atoms with Crippen LogP contribution in [0.25, 0.3) is 0 Å². The molecule has 0 bridgehead atoms. The number of carbonyl (C=O) groups is 1. The standard InChI is InChI=1S/C11H13N3O5S/c1-6(10(15)16)12-11-13-8-4-3-7(19-2)5-9(8)20(17,18)14-11/h3-6H,1-2H3,(H,15,16)(H2,12,13,14). The van der Waals surface area contributed by atoms with Crippen molar-refractivity contribution >= 4 is 27.6 Å². The minimum atomic E-state index is -3.81. The molecule has 0 saturated heterocycles. The molecule has 20 heavy (non-hydrogen) atoms. The van der Waals surface area contributed by atoms with Crippen LogP contribution in [-0.4, -0.2) is 38.6 Å². The summed E-state index contributed by atoms with van der Waals surface area (Å²) in [6.45, 7) is 1.34. The maximum Gasteiger partial charge on any atom is 0.328 e. The number of hydrogen-bond donors (Lipinski definition) is 3. The van der Waals surface area contributed by atoms with Crippen molar-refractivity contribution in [1.82, 2.24) is 4.72 Å². The van der Waals surface area contributed by atoms with E-state index in [0.717, 1.165) is 0 Å². The van der Waals surface area contributed by atoms with Gasteiger partial charge in [-0.05, 0) is 19.1 Å². The van der Waals surface area contributed by atoms with Crippen molar-refractivity contribution in [3.63, 3.8) is 0 Å². The van der Waals surface area contributed by atoms with Crippen LogP contribution in [0.2, 0.25) is 0 Å². The van der Waals surface area contributed by atoms with E-state index in [9.17, 15) is 13.2 Å². The summed E-state index contributed by atoms with van der Waals surface area (Å²) in [6, 6.07) is 3.40. The predicted molar refractivity (Wildman–Crippen MR) is 71.5 cm³/mol. The summed E-state index contributed by atoms with van der Waals surface area (Å²) in [6.07, 6.45) is 0. The monoisotopic (exact) mass is 299 g/mol. The lowest BCUT2D eigenvalue weighted by atomic mass is 10.3. The molecule has 0 aliphatic carbocycles. The summed E-state index contributed by atoms with van der Waals surface area (Å²) in [5.41, 5.74) is 0.306. The number of anilines is 1. The highest BCUT2D eigenvalue weighted by atomic mass is 32.2. The van der Waals surface area contributed by atoms with Crippen molar-refractivity contribution in [2.24, 2.45) is 4.99 Å².